The van der Waals surface area contributed by atoms with Gasteiger partial charge in [-0.1, -0.05) is 0 Å². The van der Waals surface area contributed by atoms with Crippen molar-refractivity contribution >= 4 is 11.5 Å². The lowest BCUT2D eigenvalue weighted by Gasteiger charge is -2.15. The summed E-state index contributed by atoms with van der Waals surface area (Å²) in [5.74, 6) is 0.947. The van der Waals surface area contributed by atoms with Crippen LogP contribution < -0.4 is 5.32 Å². The molecule has 1 unspecified atom stereocenters. The van der Waals surface area contributed by atoms with Crippen LogP contribution in [-0.2, 0) is 0 Å². The van der Waals surface area contributed by atoms with Crippen LogP contribution in [0.4, 0.5) is 5.82 Å². The molecule has 0 bridgehead atoms. The highest BCUT2D eigenvalue weighted by atomic mass is 16.2. The Kier molecular flexibility index (Phi) is 3.58. The largest absolute Gasteiger partial charge is 0.396 e. The predicted octanol–water partition coefficient (Wildman–Crippen LogP) is 1.61. The molecule has 2 rings (SSSR count). The molecule has 0 aromatic carbocycles. The minimum atomic E-state index is 0.235. The molecule has 0 saturated heterocycles. The van der Waals surface area contributed by atoms with E-state index in [9.17, 15) is 0 Å². The third-order valence-corrected chi connectivity index (χ3v) is 2.71. The first-order valence-corrected chi connectivity index (χ1v) is 5.88. The summed E-state index contributed by atoms with van der Waals surface area (Å²) in [7, 11) is 0. The van der Waals surface area contributed by atoms with E-state index < -0.39 is 0 Å². The van der Waals surface area contributed by atoms with Gasteiger partial charge in [0.2, 0.25) is 0 Å². The van der Waals surface area contributed by atoms with Gasteiger partial charge in [-0.05, 0) is 44.4 Å². The number of fused-ring (bicyclic) bond motifs is 1. The standard InChI is InChI=1S/C12H18N4O/c1-9-6-11-13-8-14-16(11)12(7-9)15-10(2)4-3-5-17/h6-8,10,15,17H,3-5H2,1-2H3. The smallest absolute Gasteiger partial charge is 0.157 e. The maximum atomic E-state index is 8.81. The molecule has 0 aliphatic heterocycles. The Hall–Kier alpha value is -1.62. The molecule has 17 heavy (non-hydrogen) atoms. The van der Waals surface area contributed by atoms with Gasteiger partial charge in [0.15, 0.2) is 5.65 Å². The van der Waals surface area contributed by atoms with Crippen molar-refractivity contribution in [2.75, 3.05) is 11.9 Å². The molecule has 1 atom stereocenters. The van der Waals surface area contributed by atoms with E-state index in [2.05, 4.69) is 28.4 Å². The second-order valence-corrected chi connectivity index (χ2v) is 4.36. The molecule has 0 spiro atoms. The number of aliphatic hydroxyl groups is 1. The molecule has 0 fully saturated rings. The first kappa shape index (κ1) is 11.9. The Morgan fingerprint density at radius 2 is 2.29 bits per heavy atom. The topological polar surface area (TPSA) is 62.5 Å². The summed E-state index contributed by atoms with van der Waals surface area (Å²) >= 11 is 0. The Bertz CT molecular complexity index is 494. The number of aryl methyl sites for hydroxylation is 1. The van der Waals surface area contributed by atoms with Crippen LogP contribution in [0.15, 0.2) is 18.5 Å². The number of nitrogens with zero attached hydrogens (tertiary/aromatic N) is 3. The van der Waals surface area contributed by atoms with Crippen molar-refractivity contribution in [3.8, 4) is 0 Å². The van der Waals surface area contributed by atoms with Gasteiger partial charge in [0.1, 0.15) is 12.1 Å². The zero-order chi connectivity index (χ0) is 12.3. The zero-order valence-corrected chi connectivity index (χ0v) is 10.2. The minimum Gasteiger partial charge on any atom is -0.396 e. The fourth-order valence-corrected chi connectivity index (χ4v) is 1.88. The van der Waals surface area contributed by atoms with E-state index in [1.165, 1.54) is 0 Å². The highest BCUT2D eigenvalue weighted by Crippen LogP contribution is 2.15. The first-order valence-electron chi connectivity index (χ1n) is 5.88. The molecule has 2 N–H and O–H groups in total. The number of pyridine rings is 1. The van der Waals surface area contributed by atoms with Crippen molar-refractivity contribution in [3.05, 3.63) is 24.0 Å². The van der Waals surface area contributed by atoms with Crippen molar-refractivity contribution in [3.63, 3.8) is 0 Å². The lowest BCUT2D eigenvalue weighted by Crippen LogP contribution is -2.18. The van der Waals surface area contributed by atoms with E-state index in [-0.39, 0.29) is 6.61 Å². The SMILES string of the molecule is Cc1cc(NC(C)CCCO)n2ncnc2c1. The van der Waals surface area contributed by atoms with E-state index in [1.807, 2.05) is 13.0 Å². The third kappa shape index (κ3) is 2.74. The van der Waals surface area contributed by atoms with Crippen LogP contribution in [0, 0.1) is 6.92 Å². The molecular weight excluding hydrogens is 216 g/mol. The molecule has 5 heteroatoms. The monoisotopic (exact) mass is 234 g/mol. The highest BCUT2D eigenvalue weighted by Gasteiger charge is 2.07. The van der Waals surface area contributed by atoms with Gasteiger partial charge in [-0.3, -0.25) is 0 Å². The Labute approximate surface area is 100 Å². The van der Waals surface area contributed by atoms with Gasteiger partial charge in [-0.2, -0.15) is 9.61 Å². The molecule has 2 aromatic rings. The minimum absolute atomic E-state index is 0.235. The predicted molar refractivity (Wildman–Crippen MR) is 67.1 cm³/mol. The van der Waals surface area contributed by atoms with Crippen LogP contribution in [0.25, 0.3) is 5.65 Å². The molecular formula is C12H18N4O. The fraction of sp³-hybridized carbons (Fsp3) is 0.500. The average Bonchev–Trinajstić information content (AvgIpc) is 2.74. The molecule has 0 saturated carbocycles. The zero-order valence-electron chi connectivity index (χ0n) is 10.2. The number of rotatable bonds is 5. The van der Waals surface area contributed by atoms with E-state index in [4.69, 9.17) is 5.11 Å². The second kappa shape index (κ2) is 5.14. The number of anilines is 1. The molecule has 0 radical (unpaired) electrons. The van der Waals surface area contributed by atoms with Crippen molar-refractivity contribution in [2.24, 2.45) is 0 Å². The van der Waals surface area contributed by atoms with Gasteiger partial charge in [0.25, 0.3) is 0 Å². The fourth-order valence-electron chi connectivity index (χ4n) is 1.88. The third-order valence-electron chi connectivity index (χ3n) is 2.71. The van der Waals surface area contributed by atoms with Crippen molar-refractivity contribution in [1.82, 2.24) is 14.6 Å². The van der Waals surface area contributed by atoms with Gasteiger partial charge in [0, 0.05) is 12.6 Å². The summed E-state index contributed by atoms with van der Waals surface area (Å²) in [6, 6.07) is 4.35. The van der Waals surface area contributed by atoms with Crippen molar-refractivity contribution in [2.45, 2.75) is 32.7 Å². The number of hydrogen-bond acceptors (Lipinski definition) is 4. The number of aromatic nitrogens is 3. The number of nitrogens with one attached hydrogen (secondary N) is 1. The molecule has 92 valence electrons. The van der Waals surface area contributed by atoms with Crippen molar-refractivity contribution in [1.29, 1.82) is 0 Å². The Balaban J connectivity index is 2.19. The van der Waals surface area contributed by atoms with Gasteiger partial charge in [-0.15, -0.1) is 0 Å². The molecule has 2 aromatic heterocycles. The van der Waals surface area contributed by atoms with Crippen LogP contribution in [0.5, 0.6) is 0 Å². The van der Waals surface area contributed by atoms with Gasteiger partial charge < -0.3 is 10.4 Å². The molecule has 2 heterocycles. The van der Waals surface area contributed by atoms with Crippen LogP contribution >= 0.6 is 0 Å². The van der Waals surface area contributed by atoms with Crippen molar-refractivity contribution < 1.29 is 5.11 Å². The van der Waals surface area contributed by atoms with Gasteiger partial charge in [-0.25, -0.2) is 4.98 Å². The Morgan fingerprint density at radius 3 is 3.06 bits per heavy atom. The van der Waals surface area contributed by atoms with E-state index in [0.717, 1.165) is 29.9 Å². The number of hydrogen-bond donors (Lipinski definition) is 2. The van der Waals surface area contributed by atoms with Gasteiger partial charge in [0.05, 0.1) is 0 Å². The van der Waals surface area contributed by atoms with E-state index in [0.29, 0.717) is 6.04 Å². The van der Waals surface area contributed by atoms with Gasteiger partial charge >= 0.3 is 0 Å². The summed E-state index contributed by atoms with van der Waals surface area (Å²) < 4.78 is 1.79. The molecule has 0 aliphatic carbocycles. The summed E-state index contributed by atoms with van der Waals surface area (Å²) in [5, 5.41) is 16.4. The Morgan fingerprint density at radius 1 is 1.47 bits per heavy atom. The van der Waals surface area contributed by atoms with Crippen LogP contribution in [0.2, 0.25) is 0 Å². The molecule has 0 aliphatic rings. The molecule has 5 nitrogen and oxygen atoms in total. The maximum absolute atomic E-state index is 8.81. The van der Waals surface area contributed by atoms with Crippen LogP contribution in [0.1, 0.15) is 25.3 Å². The summed E-state index contributed by atoms with van der Waals surface area (Å²) in [4.78, 5) is 4.18. The second-order valence-electron chi connectivity index (χ2n) is 4.36. The summed E-state index contributed by atoms with van der Waals surface area (Å²) in [6.07, 6.45) is 3.29. The quantitative estimate of drug-likeness (QED) is 0.825. The first-order chi connectivity index (χ1) is 8.20. The highest BCUT2D eigenvalue weighted by molar-refractivity contribution is 5.51. The summed E-state index contributed by atoms with van der Waals surface area (Å²) in [6.45, 7) is 4.37. The van der Waals surface area contributed by atoms with E-state index >= 15 is 0 Å². The number of aliphatic hydroxyl groups excluding tert-OH is 1. The maximum Gasteiger partial charge on any atom is 0.157 e. The van der Waals surface area contributed by atoms with Crippen LogP contribution in [0.3, 0.4) is 0 Å². The lowest BCUT2D eigenvalue weighted by atomic mass is 10.2. The van der Waals surface area contributed by atoms with E-state index in [1.54, 1.807) is 10.8 Å². The lowest BCUT2D eigenvalue weighted by molar-refractivity contribution is 0.282. The van der Waals surface area contributed by atoms with Crippen LogP contribution in [-0.4, -0.2) is 32.4 Å². The normalized spacial score (nSPS) is 12.9. The average molecular weight is 234 g/mol. The molecule has 0 amide bonds. The summed E-state index contributed by atoms with van der Waals surface area (Å²) in [5.41, 5.74) is 2.00.